The van der Waals surface area contributed by atoms with Gasteiger partial charge in [0.25, 0.3) is 0 Å². The highest BCUT2D eigenvalue weighted by molar-refractivity contribution is 5.25. The van der Waals surface area contributed by atoms with Gasteiger partial charge in [-0.1, -0.05) is 58.6 Å². The molecule has 7 atom stereocenters. The van der Waals surface area contributed by atoms with Gasteiger partial charge in [0, 0.05) is 0 Å². The van der Waals surface area contributed by atoms with Crippen LogP contribution in [0.3, 0.4) is 0 Å². The summed E-state index contributed by atoms with van der Waals surface area (Å²) in [6.07, 6.45) is 18.7. The molecule has 1 N–H and O–H groups in total. The van der Waals surface area contributed by atoms with Crippen LogP contribution in [0.5, 0.6) is 0 Å². The van der Waals surface area contributed by atoms with E-state index in [0.717, 1.165) is 42.4 Å². The van der Waals surface area contributed by atoms with Crippen molar-refractivity contribution >= 4 is 0 Å². The Morgan fingerprint density at radius 3 is 2.63 bits per heavy atom. The van der Waals surface area contributed by atoms with Crippen LogP contribution in [0.15, 0.2) is 11.6 Å². The van der Waals surface area contributed by atoms with Gasteiger partial charge in [-0.3, -0.25) is 0 Å². The molecule has 0 aromatic carbocycles. The summed E-state index contributed by atoms with van der Waals surface area (Å²) in [5, 5.41) is 10.2. The number of allylic oxidation sites excluding steroid dienone is 1. The summed E-state index contributed by atoms with van der Waals surface area (Å²) >= 11 is 0. The van der Waals surface area contributed by atoms with E-state index in [0.29, 0.717) is 10.8 Å². The molecule has 0 radical (unpaired) electrons. The molecule has 3 fully saturated rings. The average Bonchev–Trinajstić information content (AvgIpc) is 2.96. The second-order valence-electron chi connectivity index (χ2n) is 11.7. The molecule has 0 aliphatic heterocycles. The minimum absolute atomic E-state index is 0.0727. The van der Waals surface area contributed by atoms with E-state index in [-0.39, 0.29) is 6.10 Å². The minimum Gasteiger partial charge on any atom is -0.393 e. The topological polar surface area (TPSA) is 20.2 Å². The molecule has 4 aliphatic rings. The maximum atomic E-state index is 10.2. The van der Waals surface area contributed by atoms with Crippen molar-refractivity contribution in [3.63, 3.8) is 0 Å². The molecule has 0 aromatic rings. The van der Waals surface area contributed by atoms with Crippen LogP contribution in [-0.4, -0.2) is 11.2 Å². The molecule has 3 unspecified atom stereocenters. The van der Waals surface area contributed by atoms with Crippen molar-refractivity contribution in [3.05, 3.63) is 11.6 Å². The fraction of sp³-hybridized carbons (Fsp3) is 0.923. The zero-order valence-electron chi connectivity index (χ0n) is 18.5. The first kappa shape index (κ1) is 20.0. The molecule has 0 aromatic heterocycles. The molecular weight excluding hydrogens is 328 g/mol. The Bertz CT molecular complexity index is 563. The van der Waals surface area contributed by atoms with E-state index >= 15 is 0 Å². The van der Waals surface area contributed by atoms with Crippen molar-refractivity contribution in [2.24, 2.45) is 40.4 Å². The van der Waals surface area contributed by atoms with Gasteiger partial charge in [-0.05, 0) is 98.2 Å². The fourth-order valence-corrected chi connectivity index (χ4v) is 8.17. The van der Waals surface area contributed by atoms with Crippen LogP contribution in [0, 0.1) is 40.4 Å². The Kier molecular flexibility index (Phi) is 5.56. The SMILES string of the molecule is CC(C)CCCC[C@H]1CCC2[C@@H]3CC=C4CC(O)CC[C@]4(C)C3CC[C@@]21C. The van der Waals surface area contributed by atoms with Gasteiger partial charge in [-0.15, -0.1) is 0 Å². The van der Waals surface area contributed by atoms with E-state index in [9.17, 15) is 5.11 Å². The van der Waals surface area contributed by atoms with Crippen LogP contribution in [0.2, 0.25) is 0 Å². The monoisotopic (exact) mass is 372 g/mol. The number of fused-ring (bicyclic) bond motifs is 5. The molecule has 4 rings (SSSR count). The lowest BCUT2D eigenvalue weighted by atomic mass is 9.47. The smallest absolute Gasteiger partial charge is 0.0577 e. The van der Waals surface area contributed by atoms with E-state index in [4.69, 9.17) is 0 Å². The van der Waals surface area contributed by atoms with Crippen molar-refractivity contribution in [3.8, 4) is 0 Å². The lowest BCUT2D eigenvalue weighted by Gasteiger charge is -2.58. The van der Waals surface area contributed by atoms with Gasteiger partial charge < -0.3 is 5.11 Å². The van der Waals surface area contributed by atoms with Crippen molar-refractivity contribution < 1.29 is 5.11 Å². The fourth-order valence-electron chi connectivity index (χ4n) is 8.17. The molecule has 0 bridgehead atoms. The molecule has 1 heteroatoms. The zero-order valence-corrected chi connectivity index (χ0v) is 18.5. The largest absolute Gasteiger partial charge is 0.393 e. The van der Waals surface area contributed by atoms with Crippen molar-refractivity contribution in [1.82, 2.24) is 0 Å². The predicted octanol–water partition coefficient (Wildman–Crippen LogP) is 7.14. The summed E-state index contributed by atoms with van der Waals surface area (Å²) in [6, 6.07) is 0. The van der Waals surface area contributed by atoms with Gasteiger partial charge >= 0.3 is 0 Å². The summed E-state index contributed by atoms with van der Waals surface area (Å²) in [7, 11) is 0. The number of hydrogen-bond acceptors (Lipinski definition) is 1. The van der Waals surface area contributed by atoms with Gasteiger partial charge in [0.05, 0.1) is 6.10 Å². The van der Waals surface area contributed by atoms with Crippen molar-refractivity contribution in [2.45, 2.75) is 111 Å². The van der Waals surface area contributed by atoms with Gasteiger partial charge in [0.1, 0.15) is 0 Å². The number of aliphatic hydroxyl groups is 1. The van der Waals surface area contributed by atoms with Crippen LogP contribution in [0.25, 0.3) is 0 Å². The Morgan fingerprint density at radius 1 is 1.04 bits per heavy atom. The third kappa shape index (κ3) is 3.45. The highest BCUT2D eigenvalue weighted by Gasteiger charge is 2.58. The van der Waals surface area contributed by atoms with Crippen molar-refractivity contribution in [1.29, 1.82) is 0 Å². The summed E-state index contributed by atoms with van der Waals surface area (Å²) in [5.74, 6) is 4.64. The first-order valence-corrected chi connectivity index (χ1v) is 12.2. The highest BCUT2D eigenvalue weighted by Crippen LogP contribution is 2.66. The molecule has 4 aliphatic carbocycles. The zero-order chi connectivity index (χ0) is 19.2. The molecular formula is C26H44O. The van der Waals surface area contributed by atoms with Crippen LogP contribution >= 0.6 is 0 Å². The third-order valence-electron chi connectivity index (χ3n) is 9.86. The molecule has 0 heterocycles. The Hall–Kier alpha value is -0.300. The Balaban J connectivity index is 1.46. The first-order valence-electron chi connectivity index (χ1n) is 12.2. The first-order chi connectivity index (χ1) is 12.8. The summed E-state index contributed by atoms with van der Waals surface area (Å²) in [4.78, 5) is 0. The summed E-state index contributed by atoms with van der Waals surface area (Å²) < 4.78 is 0. The Labute approximate surface area is 168 Å². The summed E-state index contributed by atoms with van der Waals surface area (Å²) in [5.41, 5.74) is 2.64. The third-order valence-corrected chi connectivity index (χ3v) is 9.86. The lowest BCUT2D eigenvalue weighted by Crippen LogP contribution is -2.50. The van der Waals surface area contributed by atoms with Crippen LogP contribution in [0.4, 0.5) is 0 Å². The van der Waals surface area contributed by atoms with E-state index in [1.165, 1.54) is 64.2 Å². The minimum atomic E-state index is -0.0727. The second-order valence-corrected chi connectivity index (χ2v) is 11.7. The molecule has 0 amide bonds. The van der Waals surface area contributed by atoms with E-state index in [1.54, 1.807) is 5.57 Å². The van der Waals surface area contributed by atoms with Gasteiger partial charge in [0.15, 0.2) is 0 Å². The van der Waals surface area contributed by atoms with Crippen LogP contribution < -0.4 is 0 Å². The average molecular weight is 373 g/mol. The van der Waals surface area contributed by atoms with Crippen LogP contribution in [-0.2, 0) is 0 Å². The quantitative estimate of drug-likeness (QED) is 0.401. The standard InChI is InChI=1S/C26H44O/c1-18(2)7-5-6-8-19-10-12-23-22-11-9-20-17-21(27)13-15-26(20,4)24(22)14-16-25(19,23)3/h9,18-19,21-24,27H,5-8,10-17H2,1-4H3/t19-,21?,22-,23?,24?,25+,26-/m0/s1. The van der Waals surface area contributed by atoms with E-state index in [2.05, 4.69) is 33.8 Å². The molecule has 0 spiro atoms. The summed E-state index contributed by atoms with van der Waals surface area (Å²) in [6.45, 7) is 9.97. The molecule has 154 valence electrons. The predicted molar refractivity (Wildman–Crippen MR) is 115 cm³/mol. The Morgan fingerprint density at radius 2 is 1.85 bits per heavy atom. The lowest BCUT2D eigenvalue weighted by molar-refractivity contribution is -0.0508. The molecule has 3 saturated carbocycles. The highest BCUT2D eigenvalue weighted by atomic mass is 16.3. The van der Waals surface area contributed by atoms with Gasteiger partial charge in [-0.2, -0.15) is 0 Å². The normalized spacial score (nSPS) is 46.6. The molecule has 0 saturated heterocycles. The molecule has 27 heavy (non-hydrogen) atoms. The second kappa shape index (κ2) is 7.51. The number of rotatable bonds is 5. The number of unbranched alkanes of at least 4 members (excludes halogenated alkanes) is 1. The van der Waals surface area contributed by atoms with Crippen LogP contribution in [0.1, 0.15) is 105 Å². The van der Waals surface area contributed by atoms with Gasteiger partial charge in [0.2, 0.25) is 0 Å². The maximum Gasteiger partial charge on any atom is 0.0577 e. The van der Waals surface area contributed by atoms with E-state index in [1.807, 2.05) is 0 Å². The van der Waals surface area contributed by atoms with Gasteiger partial charge in [-0.25, -0.2) is 0 Å². The number of hydrogen-bond donors (Lipinski definition) is 1. The number of aliphatic hydroxyl groups excluding tert-OH is 1. The molecule has 1 nitrogen and oxygen atoms in total. The maximum absolute atomic E-state index is 10.2. The van der Waals surface area contributed by atoms with Crippen molar-refractivity contribution in [2.75, 3.05) is 0 Å². The van der Waals surface area contributed by atoms with E-state index < -0.39 is 0 Å².